The van der Waals surface area contributed by atoms with Gasteiger partial charge in [-0.3, -0.25) is 0 Å². The maximum absolute atomic E-state index is 6.52. The van der Waals surface area contributed by atoms with Crippen molar-refractivity contribution in [3.63, 3.8) is 0 Å². The molecular weight excluding hydrogens is 258 g/mol. The van der Waals surface area contributed by atoms with Crippen molar-refractivity contribution in [1.29, 1.82) is 0 Å². The van der Waals surface area contributed by atoms with Gasteiger partial charge >= 0.3 is 0 Å². The fraction of sp³-hybridized carbons (Fsp3) is 0.667. The summed E-state index contributed by atoms with van der Waals surface area (Å²) in [5, 5.41) is 0. The Bertz CT molecular complexity index is 429. The largest absolute Gasteiger partial charge is 0.323 e. The monoisotopic (exact) mass is 289 g/mol. The van der Waals surface area contributed by atoms with Gasteiger partial charge in [-0.15, -0.1) is 0 Å². The zero-order chi connectivity index (χ0) is 15.5. The van der Waals surface area contributed by atoms with E-state index in [0.29, 0.717) is 6.04 Å². The summed E-state index contributed by atoms with van der Waals surface area (Å²) in [6, 6.07) is 11.2. The number of nitrogens with two attached hydrogens (primary N) is 1. The van der Waals surface area contributed by atoms with E-state index >= 15 is 0 Å². The molecule has 0 aliphatic carbocycles. The van der Waals surface area contributed by atoms with E-state index in [1.807, 2.05) is 6.07 Å². The molecule has 1 heterocycles. The lowest BCUT2D eigenvalue weighted by molar-refractivity contribution is 0.146. The molecule has 1 fully saturated rings. The van der Waals surface area contributed by atoms with Crippen LogP contribution in [0.1, 0.15) is 38.3 Å². The molecule has 2 N–H and O–H groups in total. The number of likely N-dealkylation sites (N-methyl/N-ethyl adjacent to an activating group) is 2. The first-order valence-corrected chi connectivity index (χ1v) is 8.09. The summed E-state index contributed by atoms with van der Waals surface area (Å²) in [6.07, 6.45) is 2.66. The first kappa shape index (κ1) is 16.5. The summed E-state index contributed by atoms with van der Waals surface area (Å²) < 4.78 is 0. The van der Waals surface area contributed by atoms with Crippen molar-refractivity contribution in [3.8, 4) is 0 Å². The molecule has 3 heteroatoms. The van der Waals surface area contributed by atoms with Gasteiger partial charge < -0.3 is 15.5 Å². The fourth-order valence-corrected chi connectivity index (χ4v) is 3.54. The van der Waals surface area contributed by atoms with E-state index in [2.05, 4.69) is 62.0 Å². The van der Waals surface area contributed by atoms with E-state index in [1.54, 1.807) is 0 Å². The highest BCUT2D eigenvalue weighted by Gasteiger charge is 2.30. The van der Waals surface area contributed by atoms with E-state index < -0.39 is 0 Å². The normalized spacial score (nSPS) is 21.9. The van der Waals surface area contributed by atoms with Crippen LogP contribution in [-0.2, 0) is 0 Å². The summed E-state index contributed by atoms with van der Waals surface area (Å²) in [6.45, 7) is 7.96. The highest BCUT2D eigenvalue weighted by Crippen LogP contribution is 2.32. The Kier molecular flexibility index (Phi) is 5.42. The molecule has 1 aliphatic heterocycles. The minimum atomic E-state index is 0.0628. The van der Waals surface area contributed by atoms with Gasteiger partial charge in [-0.2, -0.15) is 0 Å². The van der Waals surface area contributed by atoms with E-state index in [1.165, 1.54) is 24.9 Å². The summed E-state index contributed by atoms with van der Waals surface area (Å²) in [5.74, 6) is 0. The molecule has 1 saturated heterocycles. The minimum absolute atomic E-state index is 0.0628. The quantitative estimate of drug-likeness (QED) is 0.874. The highest BCUT2D eigenvalue weighted by atomic mass is 15.2. The molecule has 1 aromatic carbocycles. The molecule has 21 heavy (non-hydrogen) atoms. The lowest BCUT2D eigenvalue weighted by atomic mass is 9.80. The molecule has 0 radical (unpaired) electrons. The van der Waals surface area contributed by atoms with Gasteiger partial charge in [0.2, 0.25) is 0 Å². The van der Waals surface area contributed by atoms with E-state index in [9.17, 15) is 0 Å². The minimum Gasteiger partial charge on any atom is -0.323 e. The van der Waals surface area contributed by atoms with Crippen LogP contribution < -0.4 is 5.73 Å². The molecule has 0 bridgehead atoms. The summed E-state index contributed by atoms with van der Waals surface area (Å²) >= 11 is 0. The fourth-order valence-electron chi connectivity index (χ4n) is 3.54. The van der Waals surface area contributed by atoms with Gasteiger partial charge in [0.05, 0.1) is 0 Å². The molecular formula is C18H31N3. The van der Waals surface area contributed by atoms with Crippen LogP contribution >= 0.6 is 0 Å². The zero-order valence-corrected chi connectivity index (χ0v) is 14.0. The lowest BCUT2D eigenvalue weighted by Gasteiger charge is -2.37. The molecule has 0 saturated carbocycles. The molecule has 0 aromatic heterocycles. The predicted molar refractivity (Wildman–Crippen MR) is 90.3 cm³/mol. The van der Waals surface area contributed by atoms with E-state index in [0.717, 1.165) is 13.1 Å². The third kappa shape index (κ3) is 4.29. The van der Waals surface area contributed by atoms with Crippen LogP contribution in [0.25, 0.3) is 0 Å². The predicted octanol–water partition coefficient (Wildman–Crippen LogP) is 2.74. The van der Waals surface area contributed by atoms with Gasteiger partial charge in [0.15, 0.2) is 0 Å². The SMILES string of the molecule is CN(CC1CCCN1C)CC(C)(C)C(N)c1ccccc1. The molecule has 0 amide bonds. The maximum Gasteiger partial charge on any atom is 0.0359 e. The number of benzene rings is 1. The Morgan fingerprint density at radius 2 is 2.00 bits per heavy atom. The van der Waals surface area contributed by atoms with Gasteiger partial charge in [0.1, 0.15) is 0 Å². The van der Waals surface area contributed by atoms with Crippen molar-refractivity contribution in [1.82, 2.24) is 9.80 Å². The van der Waals surface area contributed by atoms with Gasteiger partial charge in [0, 0.05) is 25.2 Å². The van der Waals surface area contributed by atoms with Crippen LogP contribution in [0.4, 0.5) is 0 Å². The molecule has 0 spiro atoms. The smallest absolute Gasteiger partial charge is 0.0359 e. The number of rotatable bonds is 6. The average Bonchev–Trinajstić information content (AvgIpc) is 2.83. The van der Waals surface area contributed by atoms with Crippen LogP contribution in [0.15, 0.2) is 30.3 Å². The number of hydrogen-bond acceptors (Lipinski definition) is 3. The highest BCUT2D eigenvalue weighted by molar-refractivity contribution is 5.20. The Hall–Kier alpha value is -0.900. The van der Waals surface area contributed by atoms with Crippen molar-refractivity contribution in [3.05, 3.63) is 35.9 Å². The van der Waals surface area contributed by atoms with Crippen molar-refractivity contribution < 1.29 is 0 Å². The molecule has 2 atom stereocenters. The van der Waals surface area contributed by atoms with Crippen LogP contribution in [0.5, 0.6) is 0 Å². The molecule has 118 valence electrons. The molecule has 1 aromatic rings. The Labute approximate surface area is 130 Å². The topological polar surface area (TPSA) is 32.5 Å². The maximum atomic E-state index is 6.52. The van der Waals surface area contributed by atoms with Crippen molar-refractivity contribution in [2.45, 2.75) is 38.8 Å². The van der Waals surface area contributed by atoms with Gasteiger partial charge in [0.25, 0.3) is 0 Å². The molecule has 1 aliphatic rings. The Morgan fingerprint density at radius 1 is 1.33 bits per heavy atom. The van der Waals surface area contributed by atoms with Gasteiger partial charge in [-0.25, -0.2) is 0 Å². The van der Waals surface area contributed by atoms with Crippen LogP contribution in [0.3, 0.4) is 0 Å². The van der Waals surface area contributed by atoms with Crippen molar-refractivity contribution >= 4 is 0 Å². The first-order valence-electron chi connectivity index (χ1n) is 8.09. The second-order valence-corrected chi connectivity index (χ2v) is 7.35. The van der Waals surface area contributed by atoms with Crippen molar-refractivity contribution in [2.75, 3.05) is 33.7 Å². The molecule has 2 rings (SSSR count). The van der Waals surface area contributed by atoms with Gasteiger partial charge in [-0.1, -0.05) is 44.2 Å². The van der Waals surface area contributed by atoms with E-state index in [-0.39, 0.29) is 11.5 Å². The summed E-state index contributed by atoms with van der Waals surface area (Å²) in [7, 11) is 4.47. The molecule has 3 nitrogen and oxygen atoms in total. The summed E-state index contributed by atoms with van der Waals surface area (Å²) in [4.78, 5) is 4.94. The Balaban J connectivity index is 1.93. The van der Waals surface area contributed by atoms with E-state index in [4.69, 9.17) is 5.73 Å². The third-order valence-corrected chi connectivity index (χ3v) is 4.87. The van der Waals surface area contributed by atoms with Crippen molar-refractivity contribution in [2.24, 2.45) is 11.1 Å². The Morgan fingerprint density at radius 3 is 2.57 bits per heavy atom. The number of nitrogens with zero attached hydrogens (tertiary/aromatic N) is 2. The second-order valence-electron chi connectivity index (χ2n) is 7.35. The number of likely N-dealkylation sites (tertiary alicyclic amines) is 1. The standard InChI is InChI=1S/C18H31N3/c1-18(2,17(19)15-9-6-5-7-10-15)14-20(3)13-16-11-8-12-21(16)4/h5-7,9-10,16-17H,8,11-14,19H2,1-4H3. The second kappa shape index (κ2) is 6.91. The third-order valence-electron chi connectivity index (χ3n) is 4.87. The number of hydrogen-bond donors (Lipinski definition) is 1. The van der Waals surface area contributed by atoms with Gasteiger partial charge in [-0.05, 0) is 44.5 Å². The average molecular weight is 289 g/mol. The summed E-state index contributed by atoms with van der Waals surface area (Å²) in [5.41, 5.74) is 7.81. The first-order chi connectivity index (χ1) is 9.90. The van der Waals surface area contributed by atoms with Crippen LogP contribution in [0, 0.1) is 5.41 Å². The van der Waals surface area contributed by atoms with Crippen LogP contribution in [0.2, 0.25) is 0 Å². The molecule has 2 unspecified atom stereocenters. The zero-order valence-electron chi connectivity index (χ0n) is 14.0. The van der Waals surface area contributed by atoms with Crippen LogP contribution in [-0.4, -0.2) is 49.6 Å². The lowest BCUT2D eigenvalue weighted by Crippen LogP contribution is -2.43.